The molecule has 4 aliphatic rings. The van der Waals surface area contributed by atoms with Crippen LogP contribution in [0.5, 0.6) is 5.75 Å². The van der Waals surface area contributed by atoms with Crippen molar-refractivity contribution in [2.75, 3.05) is 18.1 Å². The molecule has 2 aliphatic heterocycles. The first kappa shape index (κ1) is 27.7. The summed E-state index contributed by atoms with van der Waals surface area (Å²) in [6, 6.07) is 20.2. The van der Waals surface area contributed by atoms with E-state index in [4.69, 9.17) is 9.84 Å². The number of carbonyl (C=O) groups is 4. The van der Waals surface area contributed by atoms with Gasteiger partial charge in [0.05, 0.1) is 42.0 Å². The maximum Gasteiger partial charge on any atom is 0.241 e. The Kier molecular flexibility index (Phi) is 6.82. The van der Waals surface area contributed by atoms with Crippen molar-refractivity contribution in [3.8, 4) is 5.75 Å². The van der Waals surface area contributed by atoms with Crippen LogP contribution in [-0.4, -0.2) is 46.8 Å². The molecule has 3 fully saturated rings. The van der Waals surface area contributed by atoms with E-state index in [0.717, 1.165) is 16.0 Å². The third kappa shape index (κ3) is 4.20. The highest BCUT2D eigenvalue weighted by atomic mass is 32.1. The number of anilines is 1. The summed E-state index contributed by atoms with van der Waals surface area (Å²) in [7, 11) is 0. The molecule has 1 N–H and O–H groups in total. The molecule has 2 aliphatic carbocycles. The van der Waals surface area contributed by atoms with Crippen molar-refractivity contribution in [2.24, 2.45) is 29.1 Å². The Bertz CT molecular complexity index is 1620. The third-order valence-corrected chi connectivity index (χ3v) is 10.7. The highest BCUT2D eigenvalue weighted by molar-refractivity contribution is 7.09. The number of hydrogen-bond acceptors (Lipinski definition) is 7. The van der Waals surface area contributed by atoms with E-state index >= 15 is 0 Å². The van der Waals surface area contributed by atoms with Gasteiger partial charge in [-0.3, -0.25) is 24.1 Å². The van der Waals surface area contributed by atoms with Crippen molar-refractivity contribution in [3.63, 3.8) is 0 Å². The van der Waals surface area contributed by atoms with Crippen LogP contribution < -0.4 is 9.64 Å². The van der Waals surface area contributed by atoms with Crippen molar-refractivity contribution < 1.29 is 29.0 Å². The minimum absolute atomic E-state index is 0.108. The van der Waals surface area contributed by atoms with E-state index in [-0.39, 0.29) is 49.3 Å². The molecule has 3 aromatic rings. The highest BCUT2D eigenvalue weighted by Gasteiger charge is 2.67. The lowest BCUT2D eigenvalue weighted by atomic mass is 9.51. The topological polar surface area (TPSA) is 104 Å². The predicted molar refractivity (Wildman–Crippen MR) is 160 cm³/mol. The lowest BCUT2D eigenvalue weighted by Gasteiger charge is -2.49. The van der Waals surface area contributed by atoms with Gasteiger partial charge in [0.2, 0.25) is 23.6 Å². The van der Waals surface area contributed by atoms with Gasteiger partial charge in [-0.05, 0) is 67.0 Å². The monoisotopic (exact) mass is 596 g/mol. The van der Waals surface area contributed by atoms with Crippen LogP contribution in [0.4, 0.5) is 5.69 Å². The number of nitrogens with zero attached hydrogens (tertiary/aromatic N) is 2. The van der Waals surface area contributed by atoms with E-state index in [1.54, 1.807) is 24.3 Å². The van der Waals surface area contributed by atoms with Crippen LogP contribution >= 0.6 is 11.3 Å². The largest absolute Gasteiger partial charge is 0.491 e. The fourth-order valence-corrected chi connectivity index (χ4v) is 8.61. The van der Waals surface area contributed by atoms with Crippen LogP contribution in [0.1, 0.15) is 36.1 Å². The normalized spacial score (nSPS) is 29.8. The SMILES string of the molecule is CC12C(=O)N(c3ccccc3)C(=O)C1CC1C(=CCC3C(=O)N(Cc4cccs4)C(=O)C31)C2c1ccc(OCCO)cc1. The lowest BCUT2D eigenvalue weighted by molar-refractivity contribution is -0.141. The van der Waals surface area contributed by atoms with Gasteiger partial charge in [0.25, 0.3) is 0 Å². The Morgan fingerprint density at radius 2 is 1.70 bits per heavy atom. The fourth-order valence-electron chi connectivity index (χ4n) is 7.92. The molecule has 1 aromatic heterocycles. The van der Waals surface area contributed by atoms with Crippen molar-refractivity contribution in [1.29, 1.82) is 0 Å². The van der Waals surface area contributed by atoms with E-state index in [2.05, 4.69) is 6.08 Å². The molecule has 1 saturated carbocycles. The molecule has 2 saturated heterocycles. The molecule has 0 bridgehead atoms. The number of fused-ring (bicyclic) bond motifs is 4. The number of likely N-dealkylation sites (tertiary alicyclic amines) is 1. The van der Waals surface area contributed by atoms with Crippen molar-refractivity contribution in [3.05, 3.63) is 94.2 Å². The summed E-state index contributed by atoms with van der Waals surface area (Å²) in [5.41, 5.74) is 1.25. The van der Waals surface area contributed by atoms with Gasteiger partial charge in [-0.15, -0.1) is 11.3 Å². The van der Waals surface area contributed by atoms with Crippen LogP contribution in [0, 0.1) is 29.1 Å². The summed E-state index contributed by atoms with van der Waals surface area (Å²) >= 11 is 1.51. The lowest BCUT2D eigenvalue weighted by Crippen LogP contribution is -2.48. The number of para-hydroxylation sites is 1. The fraction of sp³-hybridized carbons (Fsp3) is 0.353. The number of benzene rings is 2. The van der Waals surface area contributed by atoms with Gasteiger partial charge < -0.3 is 9.84 Å². The van der Waals surface area contributed by atoms with Crippen LogP contribution in [0.3, 0.4) is 0 Å². The number of aliphatic hydroxyl groups is 1. The maximum absolute atomic E-state index is 14.4. The smallest absolute Gasteiger partial charge is 0.241 e. The number of thiophene rings is 1. The second kappa shape index (κ2) is 10.6. The number of imide groups is 2. The zero-order chi connectivity index (χ0) is 29.9. The summed E-state index contributed by atoms with van der Waals surface area (Å²) < 4.78 is 5.59. The standard InChI is InChI=1S/C34H32N2O6S/c1-34-27(31(39)36(33(34)41)21-6-3-2-4-7-21)18-26-24(29(34)20-9-11-22(12-10-20)42-16-15-37)13-14-25-28(26)32(40)35(30(25)38)19-23-8-5-17-43-23/h2-13,17,25-29,37H,14-16,18-19H2,1H3. The Morgan fingerprint density at radius 3 is 2.40 bits per heavy atom. The van der Waals surface area contributed by atoms with Crippen molar-refractivity contribution >= 4 is 40.7 Å². The molecule has 6 atom stereocenters. The van der Waals surface area contributed by atoms with Crippen LogP contribution in [0.25, 0.3) is 0 Å². The van der Waals surface area contributed by atoms with E-state index in [1.165, 1.54) is 21.1 Å². The Balaban J connectivity index is 1.32. The molecular weight excluding hydrogens is 564 g/mol. The average Bonchev–Trinajstić information content (AvgIpc) is 3.68. The second-order valence-corrected chi connectivity index (χ2v) is 13.0. The second-order valence-electron chi connectivity index (χ2n) is 12.0. The summed E-state index contributed by atoms with van der Waals surface area (Å²) in [4.78, 5) is 59.8. The molecule has 3 heterocycles. The maximum atomic E-state index is 14.4. The van der Waals surface area contributed by atoms with Crippen LogP contribution in [-0.2, 0) is 25.7 Å². The summed E-state index contributed by atoms with van der Waals surface area (Å²) in [6.45, 7) is 2.19. The van der Waals surface area contributed by atoms with E-state index < -0.39 is 29.1 Å². The van der Waals surface area contributed by atoms with Gasteiger partial charge in [0.1, 0.15) is 12.4 Å². The van der Waals surface area contributed by atoms with Crippen molar-refractivity contribution in [2.45, 2.75) is 32.2 Å². The number of rotatable bonds is 7. The number of hydrogen-bond donors (Lipinski definition) is 1. The van der Waals surface area contributed by atoms with E-state index in [9.17, 15) is 19.2 Å². The zero-order valence-electron chi connectivity index (χ0n) is 23.7. The van der Waals surface area contributed by atoms with Gasteiger partial charge in [0.15, 0.2) is 0 Å². The molecule has 4 amide bonds. The van der Waals surface area contributed by atoms with Crippen molar-refractivity contribution in [1.82, 2.24) is 4.90 Å². The first-order valence-corrected chi connectivity index (χ1v) is 15.6. The van der Waals surface area contributed by atoms with Gasteiger partial charge in [0, 0.05) is 10.8 Å². The summed E-state index contributed by atoms with van der Waals surface area (Å²) in [5, 5.41) is 11.1. The van der Waals surface area contributed by atoms with Crippen LogP contribution in [0.2, 0.25) is 0 Å². The minimum atomic E-state index is -1.09. The molecule has 220 valence electrons. The van der Waals surface area contributed by atoms with Gasteiger partial charge in [-0.2, -0.15) is 0 Å². The van der Waals surface area contributed by atoms with E-state index in [0.29, 0.717) is 24.3 Å². The molecular formula is C34H32N2O6S. The third-order valence-electron chi connectivity index (χ3n) is 9.85. The molecule has 43 heavy (non-hydrogen) atoms. The van der Waals surface area contributed by atoms with Crippen LogP contribution in [0.15, 0.2) is 83.8 Å². The molecule has 8 nitrogen and oxygen atoms in total. The molecule has 7 rings (SSSR count). The number of ether oxygens (including phenoxy) is 1. The van der Waals surface area contributed by atoms with Gasteiger partial charge in [-0.1, -0.05) is 48.0 Å². The van der Waals surface area contributed by atoms with Gasteiger partial charge >= 0.3 is 0 Å². The average molecular weight is 597 g/mol. The number of amides is 4. The summed E-state index contributed by atoms with van der Waals surface area (Å²) in [5.74, 6) is -2.80. The van der Waals surface area contributed by atoms with Gasteiger partial charge in [-0.25, -0.2) is 4.90 Å². The Labute approximate surface area is 253 Å². The molecule has 0 spiro atoms. The number of aliphatic hydroxyl groups excluding tert-OH is 1. The summed E-state index contributed by atoms with van der Waals surface area (Å²) in [6.07, 6.45) is 2.82. The molecule has 6 unspecified atom stereocenters. The predicted octanol–water partition coefficient (Wildman–Crippen LogP) is 4.55. The molecule has 2 aromatic carbocycles. The number of allylic oxidation sites excluding steroid dienone is 2. The zero-order valence-corrected chi connectivity index (χ0v) is 24.5. The molecule has 0 radical (unpaired) electrons. The van der Waals surface area contributed by atoms with E-state index in [1.807, 2.05) is 54.8 Å². The minimum Gasteiger partial charge on any atom is -0.491 e. The first-order valence-electron chi connectivity index (χ1n) is 14.7. The quantitative estimate of drug-likeness (QED) is 0.317. The molecule has 9 heteroatoms. The highest BCUT2D eigenvalue weighted by Crippen LogP contribution is 2.63. The Morgan fingerprint density at radius 1 is 0.930 bits per heavy atom. The Hall–Kier alpha value is -4.08. The first-order chi connectivity index (χ1) is 20.8. The number of carbonyl (C=O) groups excluding carboxylic acids is 4.